The van der Waals surface area contributed by atoms with Gasteiger partial charge in [0.1, 0.15) is 6.26 Å². The number of oxazole rings is 1. The molecule has 2 N–H and O–H groups in total. The predicted octanol–water partition coefficient (Wildman–Crippen LogP) is 1.02. The minimum atomic E-state index is -0.215. The molecule has 7 heteroatoms. The number of carbonyl (C=O) groups excluding carboxylic acids is 2. The number of amides is 2. The Morgan fingerprint density at radius 2 is 2.35 bits per heavy atom. The van der Waals surface area contributed by atoms with Crippen molar-refractivity contribution >= 4 is 17.5 Å². The van der Waals surface area contributed by atoms with Crippen LogP contribution in [0.15, 0.2) is 35.1 Å². The molecule has 0 radical (unpaired) electrons. The van der Waals surface area contributed by atoms with E-state index in [4.69, 9.17) is 4.42 Å². The summed E-state index contributed by atoms with van der Waals surface area (Å²) in [4.78, 5) is 29.6. The molecule has 0 aliphatic carbocycles. The van der Waals surface area contributed by atoms with E-state index in [1.54, 1.807) is 11.1 Å². The van der Waals surface area contributed by atoms with Crippen LogP contribution in [-0.2, 0) is 9.59 Å². The van der Waals surface area contributed by atoms with Crippen molar-refractivity contribution in [3.63, 3.8) is 0 Å². The third-order valence-corrected chi connectivity index (χ3v) is 3.71. The van der Waals surface area contributed by atoms with Crippen LogP contribution < -0.4 is 10.6 Å². The van der Waals surface area contributed by atoms with E-state index < -0.39 is 0 Å². The number of nitrogens with zero attached hydrogens (tertiary/aromatic N) is 2. The van der Waals surface area contributed by atoms with E-state index in [1.165, 1.54) is 6.26 Å². The fourth-order valence-corrected chi connectivity index (χ4v) is 2.43. The number of piperazine rings is 1. The van der Waals surface area contributed by atoms with Gasteiger partial charge in [-0.15, -0.1) is 0 Å². The largest absolute Gasteiger partial charge is 0.445 e. The number of anilines is 1. The van der Waals surface area contributed by atoms with Crippen LogP contribution in [0.2, 0.25) is 0 Å². The summed E-state index contributed by atoms with van der Waals surface area (Å²) >= 11 is 0. The van der Waals surface area contributed by atoms with E-state index in [0.29, 0.717) is 24.7 Å². The van der Waals surface area contributed by atoms with Crippen molar-refractivity contribution in [1.29, 1.82) is 0 Å². The van der Waals surface area contributed by atoms with Crippen LogP contribution in [0.3, 0.4) is 0 Å². The van der Waals surface area contributed by atoms with Gasteiger partial charge >= 0.3 is 0 Å². The third-order valence-electron chi connectivity index (χ3n) is 3.71. The maximum Gasteiger partial charge on any atom is 0.244 e. The first-order chi connectivity index (χ1) is 11.1. The third kappa shape index (κ3) is 3.57. The number of rotatable bonds is 4. The highest BCUT2D eigenvalue weighted by Crippen LogP contribution is 2.24. The van der Waals surface area contributed by atoms with Gasteiger partial charge in [0.15, 0.2) is 0 Å². The second-order valence-corrected chi connectivity index (χ2v) is 5.41. The number of hydrogen-bond acceptors (Lipinski definition) is 5. The number of carbonyl (C=O) groups is 2. The quantitative estimate of drug-likeness (QED) is 0.880. The molecule has 7 nitrogen and oxygen atoms in total. The van der Waals surface area contributed by atoms with Crippen molar-refractivity contribution in [2.24, 2.45) is 0 Å². The molecule has 0 atom stereocenters. The standard InChI is InChI=1S/C16H18N4O3/c1-11-2-3-12(16-18-5-7-23-16)8-13(11)19-14(21)10-20-6-4-17-9-15(20)22/h2-3,5,7-8,17H,4,6,9-10H2,1H3,(H,19,21). The molecule has 0 spiro atoms. The van der Waals surface area contributed by atoms with Gasteiger partial charge in [0, 0.05) is 24.3 Å². The lowest BCUT2D eigenvalue weighted by atomic mass is 10.1. The average molecular weight is 314 g/mol. The molecule has 0 bridgehead atoms. The minimum Gasteiger partial charge on any atom is -0.445 e. The van der Waals surface area contributed by atoms with Crippen molar-refractivity contribution < 1.29 is 14.0 Å². The van der Waals surface area contributed by atoms with Gasteiger partial charge < -0.3 is 20.0 Å². The summed E-state index contributed by atoms with van der Waals surface area (Å²) in [6.07, 6.45) is 3.08. The van der Waals surface area contributed by atoms with Gasteiger partial charge in [-0.3, -0.25) is 9.59 Å². The van der Waals surface area contributed by atoms with Crippen LogP contribution in [0.5, 0.6) is 0 Å². The smallest absolute Gasteiger partial charge is 0.244 e. The zero-order valence-electron chi connectivity index (χ0n) is 12.8. The van der Waals surface area contributed by atoms with Crippen molar-refractivity contribution in [3.8, 4) is 11.5 Å². The topological polar surface area (TPSA) is 87.5 Å². The van der Waals surface area contributed by atoms with Crippen molar-refractivity contribution in [1.82, 2.24) is 15.2 Å². The van der Waals surface area contributed by atoms with Gasteiger partial charge in [0.05, 0.1) is 19.3 Å². The van der Waals surface area contributed by atoms with Gasteiger partial charge in [-0.1, -0.05) is 6.07 Å². The Balaban J connectivity index is 1.70. The molecular formula is C16H18N4O3. The van der Waals surface area contributed by atoms with E-state index in [-0.39, 0.29) is 24.9 Å². The molecule has 2 amide bonds. The molecule has 2 aromatic rings. The summed E-state index contributed by atoms with van der Waals surface area (Å²) in [5.41, 5.74) is 2.41. The monoisotopic (exact) mass is 314 g/mol. The van der Waals surface area contributed by atoms with Crippen LogP contribution >= 0.6 is 0 Å². The maximum absolute atomic E-state index is 12.2. The Bertz CT molecular complexity index is 712. The average Bonchev–Trinajstić information content (AvgIpc) is 3.06. The Kier molecular flexibility index (Phi) is 4.38. The second kappa shape index (κ2) is 6.62. The number of aromatic nitrogens is 1. The Morgan fingerprint density at radius 3 is 3.09 bits per heavy atom. The predicted molar refractivity (Wildman–Crippen MR) is 84.8 cm³/mol. The number of benzene rings is 1. The Morgan fingerprint density at radius 1 is 1.48 bits per heavy atom. The van der Waals surface area contributed by atoms with Crippen LogP contribution in [0.4, 0.5) is 5.69 Å². The van der Waals surface area contributed by atoms with Crippen molar-refractivity contribution in [2.45, 2.75) is 6.92 Å². The molecule has 1 aromatic carbocycles. The first-order valence-corrected chi connectivity index (χ1v) is 7.42. The lowest BCUT2D eigenvalue weighted by Gasteiger charge is -2.26. The molecular weight excluding hydrogens is 296 g/mol. The van der Waals surface area contributed by atoms with Gasteiger partial charge in [-0.2, -0.15) is 0 Å². The summed E-state index contributed by atoms with van der Waals surface area (Å²) in [5, 5.41) is 5.84. The molecule has 1 saturated heterocycles. The van der Waals surface area contributed by atoms with Crippen molar-refractivity contribution in [3.05, 3.63) is 36.2 Å². The molecule has 0 unspecified atom stereocenters. The van der Waals surface area contributed by atoms with Crippen LogP contribution in [0.25, 0.3) is 11.5 Å². The Labute approximate surface area is 133 Å². The molecule has 120 valence electrons. The van der Waals surface area contributed by atoms with E-state index >= 15 is 0 Å². The lowest BCUT2D eigenvalue weighted by molar-refractivity contribution is -0.135. The normalized spacial score (nSPS) is 14.8. The summed E-state index contributed by atoms with van der Waals surface area (Å²) in [7, 11) is 0. The minimum absolute atomic E-state index is 0.0586. The maximum atomic E-state index is 12.2. The fourth-order valence-electron chi connectivity index (χ4n) is 2.43. The van der Waals surface area contributed by atoms with Gasteiger partial charge in [-0.05, 0) is 24.6 Å². The molecule has 1 aliphatic rings. The number of nitrogens with one attached hydrogen (secondary N) is 2. The molecule has 2 heterocycles. The molecule has 3 rings (SSSR count). The van der Waals surface area contributed by atoms with Gasteiger partial charge in [0.2, 0.25) is 17.7 Å². The summed E-state index contributed by atoms with van der Waals surface area (Å²) in [6, 6.07) is 5.60. The second-order valence-electron chi connectivity index (χ2n) is 5.41. The first kappa shape index (κ1) is 15.2. The highest BCUT2D eigenvalue weighted by Gasteiger charge is 2.20. The summed E-state index contributed by atoms with van der Waals surface area (Å²) in [6.45, 7) is 3.50. The van der Waals surface area contributed by atoms with Crippen LogP contribution in [-0.4, -0.2) is 47.9 Å². The molecule has 23 heavy (non-hydrogen) atoms. The molecule has 1 aromatic heterocycles. The van der Waals surface area contributed by atoms with Crippen LogP contribution in [0.1, 0.15) is 5.56 Å². The van der Waals surface area contributed by atoms with Crippen molar-refractivity contribution in [2.75, 3.05) is 31.5 Å². The summed E-state index contributed by atoms with van der Waals surface area (Å²) < 4.78 is 5.27. The SMILES string of the molecule is Cc1ccc(-c2ncco2)cc1NC(=O)CN1CCNCC1=O. The van der Waals surface area contributed by atoms with Crippen LogP contribution in [0, 0.1) is 6.92 Å². The fraction of sp³-hybridized carbons (Fsp3) is 0.312. The number of hydrogen-bond donors (Lipinski definition) is 2. The summed E-state index contributed by atoms with van der Waals surface area (Å²) in [5.74, 6) is 0.224. The van der Waals surface area contributed by atoms with Gasteiger partial charge in [-0.25, -0.2) is 4.98 Å². The van der Waals surface area contributed by atoms with Gasteiger partial charge in [0.25, 0.3) is 0 Å². The molecule has 1 fully saturated rings. The van der Waals surface area contributed by atoms with E-state index in [9.17, 15) is 9.59 Å². The zero-order valence-corrected chi connectivity index (χ0v) is 12.8. The van der Waals surface area contributed by atoms with E-state index in [0.717, 1.165) is 11.1 Å². The van der Waals surface area contributed by atoms with E-state index in [2.05, 4.69) is 15.6 Å². The lowest BCUT2D eigenvalue weighted by Crippen LogP contribution is -2.50. The number of aryl methyl sites for hydroxylation is 1. The first-order valence-electron chi connectivity index (χ1n) is 7.42. The highest BCUT2D eigenvalue weighted by atomic mass is 16.3. The zero-order chi connectivity index (χ0) is 16.2. The molecule has 0 saturated carbocycles. The molecule has 1 aliphatic heterocycles. The van der Waals surface area contributed by atoms with E-state index in [1.807, 2.05) is 25.1 Å². The highest BCUT2D eigenvalue weighted by molar-refractivity contribution is 5.96. The Hall–Kier alpha value is -2.67.